The number of benzene rings is 1. The standard InChI is InChI=1S/C25H34N12O5/c26-16(8-13-3-5-15(38)6-4-13)23(41)37(24(42)21-33-11-19(27)36-21)18(9-14-10-31-12-34-14)22(40)35-17(20(28)39)2-1-7-32-25(29)30/h3-6,10-12,16-18,38H,1-2,7-9,26-27H2,(H2,28,39)(H,31,34)(H,33,36)(H,35,40)(H4,29,30,32)/t16-,17-,18-/m0/s1. The van der Waals surface area contributed by atoms with Crippen molar-refractivity contribution in [2.45, 2.75) is 43.8 Å². The van der Waals surface area contributed by atoms with Crippen LogP contribution in [0.3, 0.4) is 0 Å². The minimum atomic E-state index is -1.53. The molecule has 2 aromatic heterocycles. The number of carbonyl (C=O) groups excluding carboxylic acids is 4. The van der Waals surface area contributed by atoms with Gasteiger partial charge in [0.15, 0.2) is 11.8 Å². The number of hydrogen-bond acceptors (Lipinski definition) is 10. The van der Waals surface area contributed by atoms with Crippen LogP contribution < -0.4 is 34.0 Å². The van der Waals surface area contributed by atoms with Crippen molar-refractivity contribution >= 4 is 35.4 Å². The Balaban J connectivity index is 1.96. The van der Waals surface area contributed by atoms with Gasteiger partial charge in [0, 0.05) is 24.9 Å². The maximum atomic E-state index is 13.8. The number of nitrogens with two attached hydrogens (primary N) is 5. The van der Waals surface area contributed by atoms with Crippen molar-refractivity contribution in [2.24, 2.45) is 27.9 Å². The number of guanidine groups is 1. The Kier molecular flexibility index (Phi) is 10.6. The fourth-order valence-electron chi connectivity index (χ4n) is 4.07. The summed E-state index contributed by atoms with van der Waals surface area (Å²) >= 11 is 0. The summed E-state index contributed by atoms with van der Waals surface area (Å²) in [5.41, 5.74) is 29.1. The van der Waals surface area contributed by atoms with Gasteiger partial charge in [0.2, 0.25) is 17.7 Å². The number of nitrogen functional groups attached to an aromatic ring is 1. The Labute approximate surface area is 239 Å². The second-order valence-corrected chi connectivity index (χ2v) is 9.39. The molecule has 0 spiro atoms. The average molecular weight is 583 g/mol. The number of primary amides is 1. The number of hydrogen-bond donors (Lipinski definition) is 9. The van der Waals surface area contributed by atoms with E-state index in [0.717, 1.165) is 0 Å². The van der Waals surface area contributed by atoms with Crippen molar-refractivity contribution in [3.05, 3.63) is 60.1 Å². The largest absolute Gasteiger partial charge is 0.508 e. The Hall–Kier alpha value is -5.45. The van der Waals surface area contributed by atoms with Gasteiger partial charge < -0.3 is 49.1 Å². The van der Waals surface area contributed by atoms with Crippen LogP contribution in [0, 0.1) is 0 Å². The summed E-state index contributed by atoms with van der Waals surface area (Å²) in [4.78, 5) is 71.2. The first kappa shape index (κ1) is 31.1. The van der Waals surface area contributed by atoms with Crippen molar-refractivity contribution in [2.75, 3.05) is 12.3 Å². The van der Waals surface area contributed by atoms with E-state index in [0.29, 0.717) is 22.6 Å². The van der Waals surface area contributed by atoms with Crippen LogP contribution in [0.15, 0.2) is 48.0 Å². The molecular weight excluding hydrogens is 548 g/mol. The number of H-pyrrole nitrogens is 2. The lowest BCUT2D eigenvalue weighted by Crippen LogP contribution is -2.60. The number of phenols is 1. The molecule has 14 N–H and O–H groups in total. The quantitative estimate of drug-likeness (QED) is 0.0547. The molecule has 0 saturated carbocycles. The number of imidazole rings is 2. The Bertz CT molecular complexity index is 1400. The van der Waals surface area contributed by atoms with E-state index in [1.165, 1.54) is 30.9 Å². The van der Waals surface area contributed by atoms with E-state index < -0.39 is 41.8 Å². The number of amides is 4. The first-order chi connectivity index (χ1) is 20.0. The van der Waals surface area contributed by atoms with Crippen molar-refractivity contribution in [3.8, 4) is 5.75 Å². The first-order valence-electron chi connectivity index (χ1n) is 12.8. The number of imide groups is 1. The third-order valence-corrected chi connectivity index (χ3v) is 6.15. The highest BCUT2D eigenvalue weighted by molar-refractivity contribution is 6.08. The van der Waals surface area contributed by atoms with Gasteiger partial charge in [-0.25, -0.2) is 9.97 Å². The van der Waals surface area contributed by atoms with Crippen molar-refractivity contribution in [3.63, 3.8) is 0 Å². The molecule has 17 heteroatoms. The number of phenolic OH excluding ortho intramolecular Hbond substituents is 1. The van der Waals surface area contributed by atoms with Gasteiger partial charge in [0.25, 0.3) is 5.91 Å². The molecule has 1 aromatic carbocycles. The fraction of sp³-hybridized carbons (Fsp3) is 0.320. The number of aliphatic imine (C=N–C) groups is 1. The van der Waals surface area contributed by atoms with Gasteiger partial charge in [-0.2, -0.15) is 0 Å². The van der Waals surface area contributed by atoms with E-state index in [4.69, 9.17) is 28.7 Å². The monoisotopic (exact) mass is 582 g/mol. The van der Waals surface area contributed by atoms with Crippen LogP contribution >= 0.6 is 0 Å². The molecule has 3 aromatic rings. The van der Waals surface area contributed by atoms with E-state index in [9.17, 15) is 24.3 Å². The van der Waals surface area contributed by atoms with Crippen LogP contribution in [-0.4, -0.2) is 84.2 Å². The van der Waals surface area contributed by atoms with Crippen LogP contribution in [-0.2, 0) is 27.2 Å². The molecule has 0 fully saturated rings. The molecule has 42 heavy (non-hydrogen) atoms. The molecule has 0 unspecified atom stereocenters. The molecule has 3 rings (SSSR count). The Morgan fingerprint density at radius 1 is 1.07 bits per heavy atom. The van der Waals surface area contributed by atoms with E-state index in [1.54, 1.807) is 12.1 Å². The van der Waals surface area contributed by atoms with E-state index in [1.807, 2.05) is 0 Å². The van der Waals surface area contributed by atoms with Crippen molar-refractivity contribution in [1.29, 1.82) is 0 Å². The molecule has 0 bridgehead atoms. The smallest absolute Gasteiger partial charge is 0.297 e. The van der Waals surface area contributed by atoms with Crippen LogP contribution in [0.4, 0.5) is 5.82 Å². The van der Waals surface area contributed by atoms with Gasteiger partial charge >= 0.3 is 0 Å². The van der Waals surface area contributed by atoms with Gasteiger partial charge in [0.05, 0.1) is 18.6 Å². The minimum Gasteiger partial charge on any atom is -0.508 e. The second-order valence-electron chi connectivity index (χ2n) is 9.39. The van der Waals surface area contributed by atoms with Crippen molar-refractivity contribution in [1.82, 2.24) is 30.2 Å². The highest BCUT2D eigenvalue weighted by Crippen LogP contribution is 2.17. The van der Waals surface area contributed by atoms with Crippen molar-refractivity contribution < 1.29 is 24.3 Å². The number of anilines is 1. The second kappa shape index (κ2) is 14.3. The number of aromatic hydroxyl groups is 1. The summed E-state index contributed by atoms with van der Waals surface area (Å²) in [6.45, 7) is 0.175. The summed E-state index contributed by atoms with van der Waals surface area (Å²) in [6.07, 6.45) is 4.07. The molecule has 3 atom stereocenters. The molecule has 0 aliphatic heterocycles. The number of carbonyl (C=O) groups is 4. The summed E-state index contributed by atoms with van der Waals surface area (Å²) in [5.74, 6) is -4.00. The maximum Gasteiger partial charge on any atom is 0.297 e. The van der Waals surface area contributed by atoms with Crippen LogP contribution in [0.5, 0.6) is 5.75 Å². The number of aromatic nitrogens is 4. The predicted molar refractivity (Wildman–Crippen MR) is 151 cm³/mol. The van der Waals surface area contributed by atoms with Gasteiger partial charge in [-0.3, -0.25) is 29.1 Å². The third kappa shape index (κ3) is 8.52. The fourth-order valence-corrected chi connectivity index (χ4v) is 4.07. The maximum absolute atomic E-state index is 13.8. The zero-order valence-electron chi connectivity index (χ0n) is 22.6. The Morgan fingerprint density at radius 3 is 2.36 bits per heavy atom. The first-order valence-corrected chi connectivity index (χ1v) is 12.8. The zero-order chi connectivity index (χ0) is 30.8. The third-order valence-electron chi connectivity index (χ3n) is 6.15. The number of nitrogens with one attached hydrogen (secondary N) is 3. The van der Waals surface area contributed by atoms with E-state index >= 15 is 0 Å². The molecule has 0 saturated heterocycles. The molecule has 0 radical (unpaired) electrons. The summed E-state index contributed by atoms with van der Waals surface area (Å²) in [7, 11) is 0. The summed E-state index contributed by atoms with van der Waals surface area (Å²) in [6, 6.07) is 1.98. The van der Waals surface area contributed by atoms with Gasteiger partial charge in [-0.15, -0.1) is 0 Å². The normalized spacial score (nSPS) is 13.0. The lowest BCUT2D eigenvalue weighted by Gasteiger charge is -2.31. The van der Waals surface area contributed by atoms with Crippen LogP contribution in [0.2, 0.25) is 0 Å². The van der Waals surface area contributed by atoms with Gasteiger partial charge in [-0.1, -0.05) is 12.1 Å². The molecule has 224 valence electrons. The molecule has 4 amide bonds. The summed E-state index contributed by atoms with van der Waals surface area (Å²) < 4.78 is 0. The zero-order valence-corrected chi connectivity index (χ0v) is 22.6. The highest BCUT2D eigenvalue weighted by Gasteiger charge is 2.40. The average Bonchev–Trinajstić information content (AvgIpc) is 3.62. The predicted octanol–water partition coefficient (Wildman–Crippen LogP) is -2.41. The lowest BCUT2D eigenvalue weighted by atomic mass is 10.0. The molecule has 17 nitrogen and oxygen atoms in total. The topological polar surface area (TPSA) is 304 Å². The summed E-state index contributed by atoms with van der Waals surface area (Å²) in [5, 5.41) is 12.1. The van der Waals surface area contributed by atoms with E-state index in [-0.39, 0.29) is 49.2 Å². The number of rotatable bonds is 14. The van der Waals surface area contributed by atoms with Gasteiger partial charge in [0.1, 0.15) is 23.7 Å². The molecule has 0 aliphatic rings. The number of nitrogens with zero attached hydrogens (tertiary/aromatic N) is 4. The Morgan fingerprint density at radius 2 is 1.79 bits per heavy atom. The van der Waals surface area contributed by atoms with E-state index in [2.05, 4.69) is 30.2 Å². The lowest BCUT2D eigenvalue weighted by molar-refractivity contribution is -0.139. The SMILES string of the molecule is NC(=O)[C@H](CCCN=C(N)N)NC(=O)[C@H](Cc1cnc[nH]1)N(C(=O)c1ncc(N)[nH]1)C(=O)[C@@H](N)Cc1ccc(O)cc1. The highest BCUT2D eigenvalue weighted by atomic mass is 16.3. The molecule has 2 heterocycles. The molecule has 0 aliphatic carbocycles. The number of aromatic amines is 2. The molecular formula is C25H34N12O5. The van der Waals surface area contributed by atoms with Gasteiger partial charge in [-0.05, 0) is 37.0 Å². The minimum absolute atomic E-state index is 0.0180. The van der Waals surface area contributed by atoms with Crippen LogP contribution in [0.1, 0.15) is 34.7 Å². The van der Waals surface area contributed by atoms with Crippen LogP contribution in [0.25, 0.3) is 0 Å².